The van der Waals surface area contributed by atoms with Gasteiger partial charge in [0, 0.05) is 18.7 Å². The van der Waals surface area contributed by atoms with Crippen molar-refractivity contribution >= 4 is 12.5 Å². The minimum Gasteiger partial charge on any atom is -0.330 e. The maximum Gasteiger partial charge on any atom is 0.106 e. The van der Waals surface area contributed by atoms with Crippen LogP contribution in [0.25, 0.3) is 0 Å². The van der Waals surface area contributed by atoms with Gasteiger partial charge in [0.2, 0.25) is 0 Å². The Morgan fingerprint density at radius 1 is 1.03 bits per heavy atom. The molecule has 0 saturated heterocycles. The molecule has 4 N–H and O–H groups in total. The molecule has 0 amide bonds. The average molecular weight is 486 g/mol. The maximum atomic E-state index is 10.0. The van der Waals surface area contributed by atoms with Crippen LogP contribution >= 0.6 is 0 Å². The van der Waals surface area contributed by atoms with Crippen molar-refractivity contribution in [2.45, 2.75) is 114 Å². The summed E-state index contributed by atoms with van der Waals surface area (Å²) < 4.78 is 10.0. The topological polar surface area (TPSA) is 79.0 Å². The van der Waals surface area contributed by atoms with E-state index < -0.39 is 0 Å². The molecule has 0 bridgehead atoms. The van der Waals surface area contributed by atoms with Crippen molar-refractivity contribution in [3.63, 3.8) is 0 Å². The van der Waals surface area contributed by atoms with Crippen LogP contribution in [0.4, 0.5) is 4.48 Å². The lowest BCUT2D eigenvalue weighted by Gasteiger charge is -2.61. The molecule has 0 aromatic carbocycles. The molecular formula is C29H60FN3O. The van der Waals surface area contributed by atoms with Crippen LogP contribution in [-0.2, 0) is 4.79 Å². The minimum atomic E-state index is 0. The van der Waals surface area contributed by atoms with E-state index in [1.807, 2.05) is 6.79 Å². The van der Waals surface area contributed by atoms with E-state index in [-0.39, 0.29) is 14.9 Å². The molecule has 4 saturated carbocycles. The molecule has 0 aromatic rings. The lowest BCUT2D eigenvalue weighted by atomic mass is 9.44. The fourth-order valence-corrected chi connectivity index (χ4v) is 8.18. The predicted molar refractivity (Wildman–Crippen MR) is 148 cm³/mol. The number of halogens is 1. The molecule has 0 spiro atoms. The Labute approximate surface area is 212 Å². The highest BCUT2D eigenvalue weighted by Gasteiger charge is 2.60. The second-order valence-electron chi connectivity index (χ2n) is 11.4. The Hall–Kier alpha value is -0.810. The van der Waals surface area contributed by atoms with Gasteiger partial charge >= 0.3 is 0 Å². The second kappa shape index (κ2) is 16.0. The van der Waals surface area contributed by atoms with Crippen molar-refractivity contribution in [2.75, 3.05) is 13.6 Å². The Balaban J connectivity index is 0. The van der Waals surface area contributed by atoms with E-state index in [0.29, 0.717) is 16.7 Å². The summed E-state index contributed by atoms with van der Waals surface area (Å²) in [5.74, 6) is 5.46. The van der Waals surface area contributed by atoms with Crippen LogP contribution in [0.1, 0.15) is 114 Å². The molecule has 4 fully saturated rings. The first kappa shape index (κ1) is 35.4. The zero-order chi connectivity index (χ0) is 24.5. The summed E-state index contributed by atoms with van der Waals surface area (Å²) in [7, 11) is 1.21. The van der Waals surface area contributed by atoms with E-state index >= 15 is 0 Å². The van der Waals surface area contributed by atoms with Crippen molar-refractivity contribution in [3.05, 3.63) is 0 Å². The van der Waals surface area contributed by atoms with E-state index in [9.17, 15) is 4.48 Å². The Kier molecular flexibility index (Phi) is 16.7. The SMILES string of the molecule is C.C.C=O.CC(=N)C1CCC2C3CCC4CC(C)CCC4(C)C3CCC12C.CCCN.CNF. The summed E-state index contributed by atoms with van der Waals surface area (Å²) in [5.41, 5.74) is 8.35. The predicted octanol–water partition coefficient (Wildman–Crippen LogP) is 7.85. The first-order valence-corrected chi connectivity index (χ1v) is 13.0. The summed E-state index contributed by atoms with van der Waals surface area (Å²) >= 11 is 0. The number of hydrogen-bond donors (Lipinski definition) is 3. The van der Waals surface area contributed by atoms with Crippen molar-refractivity contribution in [1.29, 1.82) is 5.41 Å². The summed E-state index contributed by atoms with van der Waals surface area (Å²) in [6.45, 7) is 14.7. The van der Waals surface area contributed by atoms with Gasteiger partial charge in [-0.15, -0.1) is 4.48 Å². The van der Waals surface area contributed by atoms with Crippen molar-refractivity contribution < 1.29 is 9.28 Å². The Morgan fingerprint density at radius 3 is 2.03 bits per heavy atom. The highest BCUT2D eigenvalue weighted by Crippen LogP contribution is 2.67. The number of fused-ring (bicyclic) bond motifs is 5. The van der Waals surface area contributed by atoms with Crippen LogP contribution < -0.4 is 11.3 Å². The van der Waals surface area contributed by atoms with Crippen LogP contribution in [0.5, 0.6) is 0 Å². The molecule has 0 aliphatic heterocycles. The van der Waals surface area contributed by atoms with E-state index in [1.54, 1.807) is 0 Å². The second-order valence-corrected chi connectivity index (χ2v) is 11.4. The van der Waals surface area contributed by atoms with Crippen LogP contribution in [0.3, 0.4) is 0 Å². The standard InChI is InChI=1S/C22H37N.C3H9N.CH4FN.CH2O.2CH4/c1-14-9-11-21(3)16(13-14)5-6-17-19-8-7-18(15(2)23)22(19,4)12-10-20(17)21;1-2-3-4;1-3-2;1-2;;/h14,16-20,23H,5-13H2,1-4H3;2-4H2,1H3;3H,1H3;1H2;2*1H4. The third kappa shape index (κ3) is 7.35. The molecular weight excluding hydrogens is 425 g/mol. The molecule has 0 heterocycles. The lowest BCUT2D eigenvalue weighted by molar-refractivity contribution is -0.113. The van der Waals surface area contributed by atoms with Crippen LogP contribution in [0, 0.1) is 51.7 Å². The van der Waals surface area contributed by atoms with Crippen molar-refractivity contribution in [3.8, 4) is 0 Å². The molecule has 204 valence electrons. The zero-order valence-corrected chi connectivity index (χ0v) is 21.8. The fourth-order valence-electron chi connectivity index (χ4n) is 8.18. The van der Waals surface area contributed by atoms with Crippen LogP contribution in [-0.4, -0.2) is 26.1 Å². The molecule has 8 unspecified atom stereocenters. The molecule has 4 aliphatic rings. The van der Waals surface area contributed by atoms with Gasteiger partial charge in [-0.2, -0.15) is 5.54 Å². The van der Waals surface area contributed by atoms with Gasteiger partial charge in [-0.3, -0.25) is 0 Å². The highest BCUT2D eigenvalue weighted by molar-refractivity contribution is 5.82. The number of hydrogen-bond acceptors (Lipinski definition) is 4. The number of carbonyl (C=O) groups is 1. The number of nitrogens with one attached hydrogen (secondary N) is 2. The third-order valence-electron chi connectivity index (χ3n) is 9.74. The number of nitrogens with two attached hydrogens (primary N) is 1. The summed E-state index contributed by atoms with van der Waals surface area (Å²) in [5, 5.41) is 8.28. The van der Waals surface area contributed by atoms with Crippen LogP contribution in [0.15, 0.2) is 0 Å². The smallest absolute Gasteiger partial charge is 0.106 e. The zero-order valence-electron chi connectivity index (χ0n) is 21.8. The summed E-state index contributed by atoms with van der Waals surface area (Å²) in [6.07, 6.45) is 14.2. The van der Waals surface area contributed by atoms with Gasteiger partial charge in [0.1, 0.15) is 6.79 Å². The van der Waals surface area contributed by atoms with E-state index in [2.05, 4.69) is 34.6 Å². The molecule has 4 nitrogen and oxygen atoms in total. The minimum absolute atomic E-state index is 0. The van der Waals surface area contributed by atoms with Gasteiger partial charge in [-0.1, -0.05) is 49.0 Å². The molecule has 8 atom stereocenters. The highest BCUT2D eigenvalue weighted by atomic mass is 19.2. The van der Waals surface area contributed by atoms with Crippen molar-refractivity contribution in [1.82, 2.24) is 5.54 Å². The fraction of sp³-hybridized carbons (Fsp3) is 0.931. The molecule has 4 rings (SSSR count). The van der Waals surface area contributed by atoms with Gasteiger partial charge in [0.15, 0.2) is 0 Å². The summed E-state index contributed by atoms with van der Waals surface area (Å²) in [6, 6.07) is 0. The molecule has 5 heteroatoms. The lowest BCUT2D eigenvalue weighted by Crippen LogP contribution is -2.53. The van der Waals surface area contributed by atoms with Gasteiger partial charge in [-0.25, -0.2) is 0 Å². The largest absolute Gasteiger partial charge is 0.330 e. The van der Waals surface area contributed by atoms with E-state index in [0.717, 1.165) is 48.3 Å². The number of carbonyl (C=O) groups excluding carboxylic acids is 1. The molecule has 34 heavy (non-hydrogen) atoms. The van der Waals surface area contributed by atoms with Gasteiger partial charge in [0.05, 0.1) is 0 Å². The van der Waals surface area contributed by atoms with E-state index in [1.165, 1.54) is 70.4 Å². The first-order chi connectivity index (χ1) is 15.2. The third-order valence-corrected chi connectivity index (χ3v) is 9.74. The average Bonchev–Trinajstić information content (AvgIpc) is 3.14. The van der Waals surface area contributed by atoms with Gasteiger partial charge in [-0.05, 0) is 112 Å². The molecule has 0 radical (unpaired) electrons. The van der Waals surface area contributed by atoms with Gasteiger partial charge < -0.3 is 15.9 Å². The Bertz CT molecular complexity index is 572. The first-order valence-electron chi connectivity index (χ1n) is 13.0. The monoisotopic (exact) mass is 485 g/mol. The van der Waals surface area contributed by atoms with Gasteiger partial charge in [0.25, 0.3) is 0 Å². The van der Waals surface area contributed by atoms with Crippen molar-refractivity contribution in [2.24, 2.45) is 52.1 Å². The molecule has 4 aliphatic carbocycles. The Morgan fingerprint density at radius 2 is 1.53 bits per heavy atom. The van der Waals surface area contributed by atoms with E-state index in [4.69, 9.17) is 15.9 Å². The maximum absolute atomic E-state index is 10.0. The van der Waals surface area contributed by atoms with Crippen LogP contribution in [0.2, 0.25) is 0 Å². The number of rotatable bonds is 2. The normalized spacial score (nSPS) is 39.2. The summed E-state index contributed by atoms with van der Waals surface area (Å²) in [4.78, 5) is 8.00. The molecule has 0 aromatic heterocycles. The quantitative estimate of drug-likeness (QED) is 0.275.